The molecule has 8 heteroatoms. The molecule has 0 saturated carbocycles. The smallest absolute Gasteiger partial charge is 0.330 e. The number of nitrogens with zero attached hydrogens (tertiary/aromatic N) is 1. The van der Waals surface area contributed by atoms with Gasteiger partial charge in [0.05, 0.1) is 13.2 Å². The fraction of sp³-hybridized carbons (Fsp3) is 0.562. The second-order valence-corrected chi connectivity index (χ2v) is 5.54. The molecule has 1 atom stereocenters. The van der Waals surface area contributed by atoms with Crippen LogP contribution in [0.1, 0.15) is 24.4 Å². The Morgan fingerprint density at radius 1 is 1.38 bits per heavy atom. The fourth-order valence-electron chi connectivity index (χ4n) is 2.75. The van der Waals surface area contributed by atoms with Gasteiger partial charge in [0.15, 0.2) is 0 Å². The number of carbonyl (C=O) groups excluding carboxylic acids is 1. The van der Waals surface area contributed by atoms with E-state index < -0.39 is 31.5 Å². The topological polar surface area (TPSA) is 38.8 Å². The highest BCUT2D eigenvalue weighted by atomic mass is 19.3. The van der Waals surface area contributed by atoms with Gasteiger partial charge in [0.2, 0.25) is 5.91 Å². The van der Waals surface area contributed by atoms with Crippen LogP contribution < -0.4 is 4.74 Å². The quantitative estimate of drug-likeness (QED) is 0.709. The van der Waals surface area contributed by atoms with Gasteiger partial charge in [0, 0.05) is 12.1 Å². The minimum atomic E-state index is -4.26. The Labute approximate surface area is 137 Å². The number of hydrogen-bond donors (Lipinski definition) is 0. The van der Waals surface area contributed by atoms with Crippen molar-refractivity contribution >= 4 is 5.91 Å². The number of alkyl halides is 4. The highest BCUT2D eigenvalue weighted by Gasteiger charge is 2.41. The van der Waals surface area contributed by atoms with Crippen molar-refractivity contribution < 1.29 is 31.8 Å². The van der Waals surface area contributed by atoms with Crippen molar-refractivity contribution in [2.75, 3.05) is 26.9 Å². The summed E-state index contributed by atoms with van der Waals surface area (Å²) in [5.74, 6) is -4.13. The molecule has 24 heavy (non-hydrogen) atoms. The number of ether oxygens (including phenoxy) is 2. The monoisotopic (exact) mass is 349 g/mol. The minimum Gasteiger partial charge on any atom is -0.496 e. The van der Waals surface area contributed by atoms with Crippen LogP contribution in [-0.4, -0.2) is 50.0 Å². The number of para-hydroxylation sites is 1. The second-order valence-electron chi connectivity index (χ2n) is 5.54. The zero-order chi connectivity index (χ0) is 17.7. The number of rotatable bonds is 7. The lowest BCUT2D eigenvalue weighted by Gasteiger charge is -2.26. The predicted molar refractivity (Wildman–Crippen MR) is 78.5 cm³/mol. The van der Waals surface area contributed by atoms with Gasteiger partial charge in [-0.05, 0) is 18.9 Å². The van der Waals surface area contributed by atoms with Gasteiger partial charge in [-0.1, -0.05) is 18.2 Å². The third-order valence-corrected chi connectivity index (χ3v) is 3.91. The standard InChI is InChI=1S/C16H19F4NO3/c1-23-13-7-3-2-5-11(13)12-6-4-8-21(12)14(22)9-24-10-16(19,20)15(17)18/h2-3,5,7,12,15H,4,6,8-10H2,1H3/t12-/m1/s1. The Bertz CT molecular complexity index is 568. The van der Waals surface area contributed by atoms with Crippen molar-refractivity contribution in [3.05, 3.63) is 29.8 Å². The molecule has 0 N–H and O–H groups in total. The van der Waals surface area contributed by atoms with Crippen LogP contribution in [0.25, 0.3) is 0 Å². The van der Waals surface area contributed by atoms with Crippen molar-refractivity contribution in [3.63, 3.8) is 0 Å². The summed E-state index contributed by atoms with van der Waals surface area (Å²) < 4.78 is 59.5. The molecule has 1 aliphatic heterocycles. The molecule has 134 valence electrons. The van der Waals surface area contributed by atoms with E-state index in [1.54, 1.807) is 12.1 Å². The lowest BCUT2D eigenvalue weighted by molar-refractivity contribution is -0.171. The van der Waals surface area contributed by atoms with Crippen molar-refractivity contribution in [1.29, 1.82) is 0 Å². The van der Waals surface area contributed by atoms with Crippen LogP contribution >= 0.6 is 0 Å². The maximum atomic E-state index is 12.8. The summed E-state index contributed by atoms with van der Waals surface area (Å²) >= 11 is 0. The molecule has 0 unspecified atom stereocenters. The third kappa shape index (κ3) is 4.17. The normalized spacial score (nSPS) is 18.2. The van der Waals surface area contributed by atoms with Crippen molar-refractivity contribution in [1.82, 2.24) is 4.90 Å². The summed E-state index contributed by atoms with van der Waals surface area (Å²) in [6.07, 6.45) is -2.36. The largest absolute Gasteiger partial charge is 0.496 e. The first-order valence-electron chi connectivity index (χ1n) is 7.53. The summed E-state index contributed by atoms with van der Waals surface area (Å²) in [4.78, 5) is 13.7. The van der Waals surface area contributed by atoms with Gasteiger partial charge in [-0.3, -0.25) is 4.79 Å². The van der Waals surface area contributed by atoms with Crippen LogP contribution in [0.15, 0.2) is 24.3 Å². The van der Waals surface area contributed by atoms with E-state index in [2.05, 4.69) is 4.74 Å². The van der Waals surface area contributed by atoms with Gasteiger partial charge >= 0.3 is 12.3 Å². The molecular weight excluding hydrogens is 330 g/mol. The molecule has 0 aliphatic carbocycles. The second kappa shape index (κ2) is 7.83. The van der Waals surface area contributed by atoms with E-state index in [4.69, 9.17) is 4.74 Å². The number of hydrogen-bond acceptors (Lipinski definition) is 3. The maximum Gasteiger partial charge on any atom is 0.330 e. The molecule has 0 radical (unpaired) electrons. The summed E-state index contributed by atoms with van der Waals surface area (Å²) in [6, 6.07) is 6.99. The van der Waals surface area contributed by atoms with Crippen LogP contribution in [0.3, 0.4) is 0 Å². The Morgan fingerprint density at radius 2 is 2.08 bits per heavy atom. The Kier molecular flexibility index (Phi) is 6.04. The minimum absolute atomic E-state index is 0.243. The number of likely N-dealkylation sites (tertiary alicyclic amines) is 1. The van der Waals surface area contributed by atoms with Crippen molar-refractivity contribution in [2.24, 2.45) is 0 Å². The van der Waals surface area contributed by atoms with Gasteiger partial charge in [-0.25, -0.2) is 8.78 Å². The molecule has 0 bridgehead atoms. The van der Waals surface area contributed by atoms with Crippen molar-refractivity contribution in [3.8, 4) is 5.75 Å². The molecule has 1 aromatic rings. The van der Waals surface area contributed by atoms with E-state index in [9.17, 15) is 22.4 Å². The molecule has 0 aromatic heterocycles. The lowest BCUT2D eigenvalue weighted by Crippen LogP contribution is -2.37. The van der Waals surface area contributed by atoms with E-state index >= 15 is 0 Å². The van der Waals surface area contributed by atoms with Crippen LogP contribution in [0.4, 0.5) is 17.6 Å². The molecule has 1 heterocycles. The van der Waals surface area contributed by atoms with E-state index in [0.29, 0.717) is 18.7 Å². The van der Waals surface area contributed by atoms with Gasteiger partial charge in [-0.15, -0.1) is 0 Å². The van der Waals surface area contributed by atoms with Gasteiger partial charge in [0.1, 0.15) is 19.0 Å². The number of carbonyl (C=O) groups is 1. The van der Waals surface area contributed by atoms with Crippen LogP contribution in [0, 0.1) is 0 Å². The van der Waals surface area contributed by atoms with Crippen LogP contribution in [0.2, 0.25) is 0 Å². The molecule has 1 amide bonds. The summed E-state index contributed by atoms with van der Waals surface area (Å²) in [5.41, 5.74) is 0.823. The molecule has 1 fully saturated rings. The Morgan fingerprint density at radius 3 is 2.75 bits per heavy atom. The summed E-state index contributed by atoms with van der Waals surface area (Å²) in [6.45, 7) is -1.69. The summed E-state index contributed by atoms with van der Waals surface area (Å²) in [5, 5.41) is 0. The van der Waals surface area contributed by atoms with E-state index in [1.807, 2.05) is 12.1 Å². The van der Waals surface area contributed by atoms with E-state index in [-0.39, 0.29) is 6.04 Å². The van der Waals surface area contributed by atoms with E-state index in [1.165, 1.54) is 12.0 Å². The average Bonchev–Trinajstić information content (AvgIpc) is 3.03. The molecule has 4 nitrogen and oxygen atoms in total. The number of methoxy groups -OCH3 is 1. The molecule has 1 aliphatic rings. The van der Waals surface area contributed by atoms with Gasteiger partial charge in [0.25, 0.3) is 0 Å². The first-order valence-corrected chi connectivity index (χ1v) is 7.53. The average molecular weight is 349 g/mol. The first-order chi connectivity index (χ1) is 11.4. The maximum absolute atomic E-state index is 12.8. The number of halogens is 4. The van der Waals surface area contributed by atoms with Crippen LogP contribution in [0.5, 0.6) is 5.75 Å². The number of amides is 1. The fourth-order valence-corrected chi connectivity index (χ4v) is 2.75. The molecule has 0 spiro atoms. The summed E-state index contributed by atoms with van der Waals surface area (Å²) in [7, 11) is 1.52. The Balaban J connectivity index is 1.99. The van der Waals surface area contributed by atoms with Crippen molar-refractivity contribution in [2.45, 2.75) is 31.2 Å². The highest BCUT2D eigenvalue weighted by Crippen LogP contribution is 2.36. The predicted octanol–water partition coefficient (Wildman–Crippen LogP) is 3.28. The SMILES string of the molecule is COc1ccccc1[C@H]1CCCN1C(=O)COCC(F)(F)C(F)F. The van der Waals surface area contributed by atoms with Gasteiger partial charge in [-0.2, -0.15) is 8.78 Å². The van der Waals surface area contributed by atoms with Gasteiger partial charge < -0.3 is 14.4 Å². The Hall–Kier alpha value is -1.83. The molecule has 2 rings (SSSR count). The number of benzene rings is 1. The third-order valence-electron chi connectivity index (χ3n) is 3.91. The molecular formula is C16H19F4NO3. The first kappa shape index (κ1) is 18.5. The highest BCUT2D eigenvalue weighted by molar-refractivity contribution is 5.78. The molecule has 1 saturated heterocycles. The lowest BCUT2D eigenvalue weighted by atomic mass is 10.0. The van der Waals surface area contributed by atoms with Crippen LogP contribution in [-0.2, 0) is 9.53 Å². The zero-order valence-electron chi connectivity index (χ0n) is 13.2. The zero-order valence-corrected chi connectivity index (χ0v) is 13.2. The molecule has 1 aromatic carbocycles. The van der Waals surface area contributed by atoms with E-state index in [0.717, 1.165) is 12.0 Å².